The van der Waals surface area contributed by atoms with Crippen LogP contribution in [-0.4, -0.2) is 37.0 Å². The fourth-order valence-corrected chi connectivity index (χ4v) is 2.55. The van der Waals surface area contributed by atoms with Gasteiger partial charge in [-0.3, -0.25) is 0 Å². The Bertz CT molecular complexity index is 423. The molecule has 0 saturated carbocycles. The molecule has 2 rings (SSSR count). The van der Waals surface area contributed by atoms with Gasteiger partial charge >= 0.3 is 0 Å². The van der Waals surface area contributed by atoms with E-state index >= 15 is 0 Å². The molecule has 0 spiro atoms. The zero-order valence-electron chi connectivity index (χ0n) is 13.1. The lowest BCUT2D eigenvalue weighted by molar-refractivity contribution is 0.190. The zero-order valence-corrected chi connectivity index (χ0v) is 13.1. The van der Waals surface area contributed by atoms with Gasteiger partial charge in [0, 0.05) is 25.2 Å². The third kappa shape index (κ3) is 3.59. The zero-order chi connectivity index (χ0) is 14.5. The first kappa shape index (κ1) is 15.0. The molecule has 0 heterocycles. The van der Waals surface area contributed by atoms with Crippen LogP contribution in [0.2, 0.25) is 0 Å². The SMILES string of the molecule is C[C@H](c1ccc[cH-]1)N(C)CCN(C)[C@H](C)c1ccc[cH-]1. The summed E-state index contributed by atoms with van der Waals surface area (Å²) in [5.41, 5.74) is 2.80. The second-order valence-corrected chi connectivity index (χ2v) is 5.75. The fourth-order valence-electron chi connectivity index (χ4n) is 2.55. The highest BCUT2D eigenvalue weighted by Crippen LogP contribution is 2.21. The predicted octanol–water partition coefficient (Wildman–Crippen LogP) is 3.81. The minimum atomic E-state index is 0.479. The highest BCUT2D eigenvalue weighted by molar-refractivity contribution is 5.20. The molecule has 110 valence electrons. The van der Waals surface area contributed by atoms with Crippen molar-refractivity contribution in [2.24, 2.45) is 0 Å². The largest absolute Gasteiger partial charge is 0.300 e. The average molecular weight is 270 g/mol. The number of hydrogen-bond acceptors (Lipinski definition) is 2. The molecule has 2 nitrogen and oxygen atoms in total. The van der Waals surface area contributed by atoms with E-state index in [4.69, 9.17) is 0 Å². The maximum absolute atomic E-state index is 2.42. The van der Waals surface area contributed by atoms with Gasteiger partial charge in [-0.1, -0.05) is 0 Å². The summed E-state index contributed by atoms with van der Waals surface area (Å²) in [4.78, 5) is 4.84. The van der Waals surface area contributed by atoms with Crippen molar-refractivity contribution in [2.45, 2.75) is 25.9 Å². The van der Waals surface area contributed by atoms with Gasteiger partial charge < -0.3 is 9.80 Å². The molecule has 0 radical (unpaired) electrons. The van der Waals surface area contributed by atoms with E-state index < -0.39 is 0 Å². The molecule has 20 heavy (non-hydrogen) atoms. The molecular weight excluding hydrogens is 244 g/mol. The van der Waals surface area contributed by atoms with Gasteiger partial charge in [0.1, 0.15) is 0 Å². The first-order valence-electron chi connectivity index (χ1n) is 7.43. The first-order valence-corrected chi connectivity index (χ1v) is 7.43. The van der Waals surface area contributed by atoms with Crippen LogP contribution < -0.4 is 0 Å². The summed E-state index contributed by atoms with van der Waals surface area (Å²) in [6.07, 6.45) is 0. The average Bonchev–Trinajstić information content (AvgIpc) is 3.14. The molecule has 2 aromatic carbocycles. The highest BCUT2D eigenvalue weighted by atomic mass is 15.2. The number of nitrogens with zero attached hydrogens (tertiary/aromatic N) is 2. The van der Waals surface area contributed by atoms with Crippen molar-refractivity contribution >= 4 is 0 Å². The minimum Gasteiger partial charge on any atom is -0.300 e. The van der Waals surface area contributed by atoms with Crippen LogP contribution in [0.3, 0.4) is 0 Å². The van der Waals surface area contributed by atoms with E-state index in [9.17, 15) is 0 Å². The monoisotopic (exact) mass is 270 g/mol. The molecule has 0 saturated heterocycles. The van der Waals surface area contributed by atoms with Crippen molar-refractivity contribution in [2.75, 3.05) is 27.2 Å². The van der Waals surface area contributed by atoms with Gasteiger partial charge in [-0.05, 0) is 27.9 Å². The molecule has 2 atom stereocenters. The van der Waals surface area contributed by atoms with Crippen LogP contribution >= 0.6 is 0 Å². The molecule has 0 aliphatic heterocycles. The molecule has 0 aromatic heterocycles. The highest BCUT2D eigenvalue weighted by Gasteiger charge is 2.12. The van der Waals surface area contributed by atoms with Gasteiger partial charge in [-0.2, -0.15) is 35.4 Å². The van der Waals surface area contributed by atoms with E-state index in [2.05, 4.69) is 86.3 Å². The Morgan fingerprint density at radius 2 is 1.25 bits per heavy atom. The predicted molar refractivity (Wildman–Crippen MR) is 86.2 cm³/mol. The molecule has 0 amide bonds. The summed E-state index contributed by atoms with van der Waals surface area (Å²) in [6.45, 7) is 6.70. The summed E-state index contributed by atoms with van der Waals surface area (Å²) < 4.78 is 0. The van der Waals surface area contributed by atoms with Gasteiger partial charge in [-0.15, -0.1) is 0 Å². The number of rotatable bonds is 7. The summed E-state index contributed by atoms with van der Waals surface area (Å²) in [5.74, 6) is 0. The lowest BCUT2D eigenvalue weighted by Gasteiger charge is -2.32. The van der Waals surface area contributed by atoms with E-state index in [-0.39, 0.29) is 0 Å². The van der Waals surface area contributed by atoms with Crippen LogP contribution in [0.1, 0.15) is 37.1 Å². The Morgan fingerprint density at radius 3 is 1.55 bits per heavy atom. The Balaban J connectivity index is 1.82. The summed E-state index contributed by atoms with van der Waals surface area (Å²) in [6, 6.07) is 18.2. The Kier molecular flexibility index (Phi) is 5.16. The molecule has 0 aliphatic rings. The first-order chi connectivity index (χ1) is 9.59. The summed E-state index contributed by atoms with van der Waals surface area (Å²) in [5, 5.41) is 0. The number of hydrogen-bond donors (Lipinski definition) is 0. The third-order valence-electron chi connectivity index (χ3n) is 4.47. The van der Waals surface area contributed by atoms with Crippen LogP contribution in [-0.2, 0) is 0 Å². The van der Waals surface area contributed by atoms with E-state index in [1.165, 1.54) is 11.1 Å². The second kappa shape index (κ2) is 6.87. The van der Waals surface area contributed by atoms with Gasteiger partial charge in [-0.25, -0.2) is 24.3 Å². The van der Waals surface area contributed by atoms with Crippen LogP contribution in [0.25, 0.3) is 0 Å². The quantitative estimate of drug-likeness (QED) is 0.706. The van der Waals surface area contributed by atoms with E-state index in [1.807, 2.05) is 0 Å². The van der Waals surface area contributed by atoms with Gasteiger partial charge in [0.25, 0.3) is 0 Å². The van der Waals surface area contributed by atoms with E-state index in [0.29, 0.717) is 12.1 Å². The molecule has 0 unspecified atom stereocenters. The summed E-state index contributed by atoms with van der Waals surface area (Å²) in [7, 11) is 4.41. The van der Waals surface area contributed by atoms with E-state index in [0.717, 1.165) is 13.1 Å². The lowest BCUT2D eigenvalue weighted by atomic mass is 10.1. The van der Waals surface area contributed by atoms with Crippen molar-refractivity contribution in [3.05, 3.63) is 59.7 Å². The van der Waals surface area contributed by atoms with Crippen LogP contribution in [0.15, 0.2) is 48.5 Å². The molecule has 0 N–H and O–H groups in total. The van der Waals surface area contributed by atoms with Crippen LogP contribution in [0.4, 0.5) is 0 Å². The van der Waals surface area contributed by atoms with Crippen LogP contribution in [0, 0.1) is 0 Å². The van der Waals surface area contributed by atoms with Crippen molar-refractivity contribution in [1.82, 2.24) is 9.80 Å². The Labute approximate surface area is 123 Å². The molecule has 0 fully saturated rings. The van der Waals surface area contributed by atoms with Gasteiger partial charge in [0.05, 0.1) is 0 Å². The molecule has 0 aliphatic carbocycles. The van der Waals surface area contributed by atoms with Gasteiger partial charge in [0.2, 0.25) is 0 Å². The van der Waals surface area contributed by atoms with Crippen molar-refractivity contribution in [3.63, 3.8) is 0 Å². The molecule has 2 heteroatoms. The number of likely N-dealkylation sites (N-methyl/N-ethyl adjacent to an activating group) is 2. The van der Waals surface area contributed by atoms with Crippen molar-refractivity contribution in [3.8, 4) is 0 Å². The van der Waals surface area contributed by atoms with Crippen LogP contribution in [0.5, 0.6) is 0 Å². The second-order valence-electron chi connectivity index (χ2n) is 5.75. The van der Waals surface area contributed by atoms with Crippen molar-refractivity contribution < 1.29 is 0 Å². The maximum atomic E-state index is 2.42. The minimum absolute atomic E-state index is 0.479. The molecular formula is C18H26N2-2. The lowest BCUT2D eigenvalue weighted by Crippen LogP contribution is -2.33. The normalized spacial score (nSPS) is 14.9. The topological polar surface area (TPSA) is 6.48 Å². The Hall–Kier alpha value is -1.38. The standard InChI is InChI=1S/C18H26N2/c1-15(17-9-5-6-10-17)19(3)13-14-20(4)16(2)18-11-7-8-12-18/h5-12,15-16H,13-14H2,1-4H3/q-2/t15-,16-/m1/s1. The van der Waals surface area contributed by atoms with E-state index in [1.54, 1.807) is 0 Å². The maximum Gasteiger partial charge on any atom is 0.0112 e. The molecule has 0 bridgehead atoms. The van der Waals surface area contributed by atoms with Crippen molar-refractivity contribution in [1.29, 1.82) is 0 Å². The smallest absolute Gasteiger partial charge is 0.0112 e. The third-order valence-corrected chi connectivity index (χ3v) is 4.47. The summed E-state index contributed by atoms with van der Waals surface area (Å²) >= 11 is 0. The molecule has 2 aromatic rings. The Morgan fingerprint density at radius 1 is 0.850 bits per heavy atom. The van der Waals surface area contributed by atoms with Gasteiger partial charge in [0.15, 0.2) is 0 Å². The fraction of sp³-hybridized carbons (Fsp3) is 0.444.